The number of nitrogens with zero attached hydrogens (tertiary/aromatic N) is 3. The molecule has 0 atom stereocenters. The molecule has 2 heterocycles. The second-order valence-electron chi connectivity index (χ2n) is 8.36. The van der Waals surface area contributed by atoms with Gasteiger partial charge in [0, 0.05) is 47.8 Å². The molecule has 2 fully saturated rings. The number of carbonyl (C=O) groups is 1. The first-order valence-electron chi connectivity index (χ1n) is 10.7. The van der Waals surface area contributed by atoms with Crippen molar-refractivity contribution in [3.63, 3.8) is 0 Å². The number of hydrogen-bond donors (Lipinski definition) is 0. The first-order chi connectivity index (χ1) is 14.2. The molecule has 2 aliphatic rings. The number of fused-ring (bicyclic) bond motifs is 1. The van der Waals surface area contributed by atoms with E-state index in [-0.39, 0.29) is 11.7 Å². The maximum absolute atomic E-state index is 13.2. The summed E-state index contributed by atoms with van der Waals surface area (Å²) in [4.78, 5) is 20.9. The highest BCUT2D eigenvalue weighted by molar-refractivity contribution is 7.15. The summed E-state index contributed by atoms with van der Waals surface area (Å²) in [6.07, 6.45) is 11.0. The van der Waals surface area contributed by atoms with Gasteiger partial charge < -0.3 is 4.90 Å². The van der Waals surface area contributed by atoms with Crippen LogP contribution >= 0.6 is 11.3 Å². The molecule has 0 saturated heterocycles. The zero-order chi connectivity index (χ0) is 19.8. The fourth-order valence-corrected chi connectivity index (χ4v) is 5.35. The lowest BCUT2D eigenvalue weighted by molar-refractivity contribution is -0.137. The molecule has 2 saturated carbocycles. The van der Waals surface area contributed by atoms with Crippen molar-refractivity contribution in [3.05, 3.63) is 47.4 Å². The first kappa shape index (κ1) is 18.8. The molecule has 1 amide bonds. The molecular weight excluding hydrogens is 385 g/mol. The molecule has 6 heteroatoms. The van der Waals surface area contributed by atoms with Crippen molar-refractivity contribution in [3.8, 4) is 11.3 Å². The Morgan fingerprint density at radius 1 is 1.14 bits per heavy atom. The Balaban J connectivity index is 1.31. The van der Waals surface area contributed by atoms with Gasteiger partial charge in [0.2, 0.25) is 5.91 Å². The van der Waals surface area contributed by atoms with Gasteiger partial charge in [-0.3, -0.25) is 9.20 Å². The Kier molecular flexibility index (Phi) is 5.12. The van der Waals surface area contributed by atoms with Crippen molar-refractivity contribution < 1.29 is 9.18 Å². The van der Waals surface area contributed by atoms with Crippen molar-refractivity contribution >= 4 is 22.2 Å². The fraction of sp³-hybridized carbons (Fsp3) is 0.478. The number of rotatable bonds is 6. The van der Waals surface area contributed by atoms with E-state index in [2.05, 4.69) is 14.7 Å². The van der Waals surface area contributed by atoms with E-state index < -0.39 is 0 Å². The van der Waals surface area contributed by atoms with Gasteiger partial charge in [0.05, 0.1) is 5.69 Å². The van der Waals surface area contributed by atoms with Crippen LogP contribution in [-0.2, 0) is 11.2 Å². The minimum Gasteiger partial charge on any atom is -0.339 e. The van der Waals surface area contributed by atoms with Gasteiger partial charge in [-0.1, -0.05) is 19.3 Å². The Hall–Kier alpha value is -2.21. The second-order valence-corrected chi connectivity index (χ2v) is 9.20. The monoisotopic (exact) mass is 411 g/mol. The molecule has 152 valence electrons. The van der Waals surface area contributed by atoms with Gasteiger partial charge in [-0.2, -0.15) is 0 Å². The lowest BCUT2D eigenvalue weighted by Gasteiger charge is -2.29. The van der Waals surface area contributed by atoms with E-state index in [1.807, 2.05) is 6.20 Å². The van der Waals surface area contributed by atoms with Gasteiger partial charge in [0.15, 0.2) is 4.96 Å². The van der Waals surface area contributed by atoms with Crippen LogP contribution in [0, 0.1) is 11.7 Å². The van der Waals surface area contributed by atoms with Crippen molar-refractivity contribution in [1.29, 1.82) is 0 Å². The van der Waals surface area contributed by atoms with Gasteiger partial charge in [0.1, 0.15) is 5.82 Å². The Bertz CT molecular complexity index is 999. The molecule has 0 N–H and O–H groups in total. The molecule has 0 radical (unpaired) electrons. The van der Waals surface area contributed by atoms with E-state index in [0.717, 1.165) is 54.9 Å². The maximum atomic E-state index is 13.2. The third-order valence-electron chi connectivity index (χ3n) is 6.26. The zero-order valence-electron chi connectivity index (χ0n) is 16.5. The van der Waals surface area contributed by atoms with Crippen molar-refractivity contribution in [2.75, 3.05) is 6.54 Å². The van der Waals surface area contributed by atoms with Crippen molar-refractivity contribution in [2.45, 2.75) is 57.4 Å². The summed E-state index contributed by atoms with van der Waals surface area (Å²) in [7, 11) is 0. The third kappa shape index (κ3) is 3.95. The lowest BCUT2D eigenvalue weighted by Crippen LogP contribution is -2.40. The molecule has 2 aromatic heterocycles. The van der Waals surface area contributed by atoms with Crippen LogP contribution in [0.3, 0.4) is 0 Å². The highest BCUT2D eigenvalue weighted by atomic mass is 32.1. The molecule has 0 bridgehead atoms. The number of hydrogen-bond acceptors (Lipinski definition) is 3. The lowest BCUT2D eigenvalue weighted by atomic mass is 9.88. The van der Waals surface area contributed by atoms with Crippen LogP contribution in [0.2, 0.25) is 0 Å². The van der Waals surface area contributed by atoms with Crippen LogP contribution in [0.25, 0.3) is 16.2 Å². The van der Waals surface area contributed by atoms with E-state index in [4.69, 9.17) is 4.98 Å². The van der Waals surface area contributed by atoms with Crippen LogP contribution < -0.4 is 0 Å². The van der Waals surface area contributed by atoms with Gasteiger partial charge in [-0.25, -0.2) is 9.37 Å². The number of carbonyl (C=O) groups excluding carboxylic acids is 1. The molecule has 3 aromatic rings. The SMILES string of the molecule is O=C(C1CCCCC1)N(CCc1csc2nc(-c3ccc(F)cc3)cn12)C1CC1. The van der Waals surface area contributed by atoms with Gasteiger partial charge in [0.25, 0.3) is 0 Å². The molecular formula is C23H26FN3OS. The third-order valence-corrected chi connectivity index (χ3v) is 7.15. The summed E-state index contributed by atoms with van der Waals surface area (Å²) in [5, 5.41) is 2.15. The average molecular weight is 412 g/mol. The van der Waals surface area contributed by atoms with E-state index in [1.54, 1.807) is 23.5 Å². The van der Waals surface area contributed by atoms with Crippen LogP contribution in [0.15, 0.2) is 35.8 Å². The quantitative estimate of drug-likeness (QED) is 0.551. The molecule has 0 spiro atoms. The molecule has 0 unspecified atom stereocenters. The Morgan fingerprint density at radius 3 is 2.62 bits per heavy atom. The molecule has 4 nitrogen and oxygen atoms in total. The van der Waals surface area contributed by atoms with Crippen LogP contribution in [0.4, 0.5) is 4.39 Å². The zero-order valence-corrected chi connectivity index (χ0v) is 17.3. The second kappa shape index (κ2) is 7.90. The molecule has 5 rings (SSSR count). The number of thiazole rings is 1. The van der Waals surface area contributed by atoms with Crippen molar-refractivity contribution in [1.82, 2.24) is 14.3 Å². The molecule has 0 aliphatic heterocycles. The number of aromatic nitrogens is 2. The normalized spacial score (nSPS) is 17.7. The van der Waals surface area contributed by atoms with Crippen LogP contribution in [-0.4, -0.2) is 32.8 Å². The highest BCUT2D eigenvalue weighted by Crippen LogP contribution is 2.33. The largest absolute Gasteiger partial charge is 0.339 e. The maximum Gasteiger partial charge on any atom is 0.225 e. The Morgan fingerprint density at radius 2 is 1.90 bits per heavy atom. The number of amides is 1. The molecule has 1 aromatic carbocycles. The summed E-state index contributed by atoms with van der Waals surface area (Å²) >= 11 is 1.62. The summed E-state index contributed by atoms with van der Waals surface area (Å²) in [5.41, 5.74) is 2.96. The predicted molar refractivity (Wildman–Crippen MR) is 113 cm³/mol. The van der Waals surface area contributed by atoms with Crippen LogP contribution in [0.1, 0.15) is 50.6 Å². The number of imidazole rings is 1. The fourth-order valence-electron chi connectivity index (χ4n) is 4.45. The summed E-state index contributed by atoms with van der Waals surface area (Å²) < 4.78 is 15.3. The minimum atomic E-state index is -0.238. The first-order valence-corrected chi connectivity index (χ1v) is 11.6. The molecule has 2 aliphatic carbocycles. The van der Waals surface area contributed by atoms with E-state index in [1.165, 1.54) is 37.1 Å². The minimum absolute atomic E-state index is 0.238. The summed E-state index contributed by atoms with van der Waals surface area (Å²) in [5.74, 6) is 0.389. The smallest absolute Gasteiger partial charge is 0.225 e. The van der Waals surface area contributed by atoms with Crippen LogP contribution in [0.5, 0.6) is 0 Å². The topological polar surface area (TPSA) is 37.6 Å². The molecule has 29 heavy (non-hydrogen) atoms. The van der Waals surface area contributed by atoms with E-state index in [9.17, 15) is 9.18 Å². The summed E-state index contributed by atoms with van der Waals surface area (Å²) in [6, 6.07) is 6.91. The van der Waals surface area contributed by atoms with Gasteiger partial charge in [-0.15, -0.1) is 11.3 Å². The van der Waals surface area contributed by atoms with E-state index in [0.29, 0.717) is 11.9 Å². The average Bonchev–Trinajstić information content (AvgIpc) is 3.38. The highest BCUT2D eigenvalue weighted by Gasteiger charge is 2.35. The summed E-state index contributed by atoms with van der Waals surface area (Å²) in [6.45, 7) is 0.788. The number of halogens is 1. The van der Waals surface area contributed by atoms with E-state index >= 15 is 0 Å². The predicted octanol–water partition coefficient (Wildman–Crippen LogP) is 5.32. The standard InChI is InChI=1S/C23H26FN3OS/c24-18-8-6-16(7-9-18)21-14-27-20(15-29-23(27)25-21)12-13-26(19-10-11-19)22(28)17-4-2-1-3-5-17/h6-9,14-15,17,19H,1-5,10-13H2. The number of benzene rings is 1. The Labute approximate surface area is 174 Å². The van der Waals surface area contributed by atoms with Gasteiger partial charge in [-0.05, 0) is 49.9 Å². The van der Waals surface area contributed by atoms with Gasteiger partial charge >= 0.3 is 0 Å². The van der Waals surface area contributed by atoms with Crippen molar-refractivity contribution in [2.24, 2.45) is 5.92 Å².